The average Bonchev–Trinajstić information content (AvgIpc) is 3.07. The maximum absolute atomic E-state index is 11.5. The number of amides is 1. The molecule has 1 aliphatic heterocycles. The van der Waals surface area contributed by atoms with Gasteiger partial charge >= 0.3 is 0 Å². The molecule has 1 fully saturated rings. The average molecular weight is 341 g/mol. The summed E-state index contributed by atoms with van der Waals surface area (Å²) in [7, 11) is 0. The van der Waals surface area contributed by atoms with Gasteiger partial charge in [0.1, 0.15) is 0 Å². The highest BCUT2D eigenvalue weighted by atomic mass is 16.5. The first-order valence-electron chi connectivity index (χ1n) is 9.00. The van der Waals surface area contributed by atoms with Crippen molar-refractivity contribution in [2.24, 2.45) is 5.92 Å². The fourth-order valence-electron chi connectivity index (χ4n) is 3.48. The first-order valence-corrected chi connectivity index (χ1v) is 9.00. The Bertz CT molecular complexity index is 697. The molecule has 0 saturated carbocycles. The predicted molar refractivity (Wildman–Crippen MR) is 97.1 cm³/mol. The number of aromatic nitrogens is 2. The van der Waals surface area contributed by atoms with Gasteiger partial charge in [0.05, 0.1) is 18.8 Å². The molecule has 1 saturated heterocycles. The Kier molecular flexibility index (Phi) is 5.53. The highest BCUT2D eigenvalue weighted by molar-refractivity contribution is 5.73. The summed E-state index contributed by atoms with van der Waals surface area (Å²) in [5.41, 5.74) is 2.37. The van der Waals surface area contributed by atoms with E-state index >= 15 is 0 Å². The van der Waals surface area contributed by atoms with Gasteiger partial charge in [0.15, 0.2) is 0 Å². The van der Waals surface area contributed by atoms with E-state index in [-0.39, 0.29) is 24.2 Å². The molecule has 1 aliphatic rings. The molecule has 0 aliphatic carbocycles. The van der Waals surface area contributed by atoms with Crippen LogP contribution in [0.15, 0.2) is 42.7 Å². The molecule has 0 unspecified atom stereocenters. The number of nitrogens with zero attached hydrogens (tertiary/aromatic N) is 2. The van der Waals surface area contributed by atoms with Gasteiger partial charge in [-0.3, -0.25) is 9.48 Å². The van der Waals surface area contributed by atoms with E-state index in [0.717, 1.165) is 19.4 Å². The van der Waals surface area contributed by atoms with Crippen molar-refractivity contribution < 1.29 is 9.53 Å². The summed E-state index contributed by atoms with van der Waals surface area (Å²) in [5.74, 6) is 0.451. The molecule has 0 spiro atoms. The van der Waals surface area contributed by atoms with Crippen LogP contribution in [0.3, 0.4) is 0 Å². The van der Waals surface area contributed by atoms with Crippen molar-refractivity contribution in [2.45, 2.75) is 58.4 Å². The van der Waals surface area contributed by atoms with E-state index in [4.69, 9.17) is 4.74 Å². The fourth-order valence-corrected chi connectivity index (χ4v) is 3.48. The lowest BCUT2D eigenvalue weighted by molar-refractivity contribution is -0.123. The van der Waals surface area contributed by atoms with Crippen molar-refractivity contribution in [1.82, 2.24) is 15.1 Å². The van der Waals surface area contributed by atoms with E-state index in [9.17, 15) is 4.79 Å². The summed E-state index contributed by atoms with van der Waals surface area (Å²) < 4.78 is 8.28. The van der Waals surface area contributed by atoms with Crippen LogP contribution in [0.5, 0.6) is 0 Å². The summed E-state index contributed by atoms with van der Waals surface area (Å²) in [6, 6.07) is 10.6. The van der Waals surface area contributed by atoms with E-state index in [1.54, 1.807) is 13.1 Å². The van der Waals surface area contributed by atoms with Crippen molar-refractivity contribution in [3.63, 3.8) is 0 Å². The van der Waals surface area contributed by atoms with E-state index in [2.05, 4.69) is 48.5 Å². The monoisotopic (exact) mass is 341 g/mol. The van der Waals surface area contributed by atoms with Crippen molar-refractivity contribution >= 4 is 5.91 Å². The van der Waals surface area contributed by atoms with E-state index in [1.807, 2.05) is 16.9 Å². The molecule has 1 aromatic heterocycles. The number of carbonyl (C=O) groups excluding carboxylic acids is 1. The van der Waals surface area contributed by atoms with Gasteiger partial charge < -0.3 is 10.1 Å². The normalized spacial score (nSPS) is 23.6. The van der Waals surface area contributed by atoms with Crippen LogP contribution in [0.1, 0.15) is 50.8 Å². The number of rotatable bonds is 5. The Morgan fingerprint density at radius 2 is 2.20 bits per heavy atom. The number of carbonyl (C=O) groups is 1. The summed E-state index contributed by atoms with van der Waals surface area (Å²) in [6.07, 6.45) is 5.61. The SMILES string of the molecule is CC(=O)N[C@H]1C[C@@H](C(C)C)O[C@@H](c2cccc(Cn3cccn3)c2)C1. The van der Waals surface area contributed by atoms with E-state index in [1.165, 1.54) is 11.1 Å². The van der Waals surface area contributed by atoms with Crippen LogP contribution in [0.25, 0.3) is 0 Å². The molecule has 1 N–H and O–H groups in total. The lowest BCUT2D eigenvalue weighted by atomic mass is 9.89. The summed E-state index contributed by atoms with van der Waals surface area (Å²) in [6.45, 7) is 6.67. The Labute approximate surface area is 149 Å². The molecule has 3 atom stereocenters. The molecule has 5 heteroatoms. The van der Waals surface area contributed by atoms with Crippen LogP contribution in [0, 0.1) is 5.92 Å². The quantitative estimate of drug-likeness (QED) is 0.908. The van der Waals surface area contributed by atoms with Gasteiger partial charge in [-0.05, 0) is 36.0 Å². The van der Waals surface area contributed by atoms with Gasteiger partial charge in [0, 0.05) is 25.4 Å². The molecule has 1 amide bonds. The third kappa shape index (κ3) is 4.69. The Morgan fingerprint density at radius 3 is 2.88 bits per heavy atom. The molecule has 0 bridgehead atoms. The number of hydrogen-bond donors (Lipinski definition) is 1. The maximum atomic E-state index is 11.5. The topological polar surface area (TPSA) is 56.1 Å². The number of benzene rings is 1. The maximum Gasteiger partial charge on any atom is 0.217 e. The highest BCUT2D eigenvalue weighted by Crippen LogP contribution is 2.34. The minimum Gasteiger partial charge on any atom is -0.370 e. The smallest absolute Gasteiger partial charge is 0.217 e. The van der Waals surface area contributed by atoms with Gasteiger partial charge in [0.25, 0.3) is 0 Å². The molecule has 2 aromatic rings. The Morgan fingerprint density at radius 1 is 1.36 bits per heavy atom. The zero-order valence-electron chi connectivity index (χ0n) is 15.2. The van der Waals surface area contributed by atoms with Crippen LogP contribution >= 0.6 is 0 Å². The van der Waals surface area contributed by atoms with Crippen LogP contribution < -0.4 is 5.32 Å². The van der Waals surface area contributed by atoms with Gasteiger partial charge in [0.2, 0.25) is 5.91 Å². The standard InChI is InChI=1S/C20H27N3O2/c1-14(2)19-11-18(22-15(3)24)12-20(25-19)17-7-4-6-16(10-17)13-23-9-5-8-21-23/h4-10,14,18-20H,11-13H2,1-3H3,(H,22,24)/t18-,19-,20+/m0/s1. The largest absolute Gasteiger partial charge is 0.370 e. The second-order valence-corrected chi connectivity index (χ2v) is 7.22. The zero-order valence-corrected chi connectivity index (χ0v) is 15.2. The molecule has 134 valence electrons. The summed E-state index contributed by atoms with van der Waals surface area (Å²) in [4.78, 5) is 11.5. The molecule has 3 rings (SSSR count). The van der Waals surface area contributed by atoms with Crippen LogP contribution in [-0.4, -0.2) is 27.8 Å². The lowest BCUT2D eigenvalue weighted by Crippen LogP contribution is -2.43. The van der Waals surface area contributed by atoms with Crippen LogP contribution in [-0.2, 0) is 16.1 Å². The molecule has 1 aromatic carbocycles. The molecule has 5 nitrogen and oxygen atoms in total. The third-order valence-electron chi connectivity index (χ3n) is 4.73. The van der Waals surface area contributed by atoms with E-state index in [0.29, 0.717) is 5.92 Å². The molecule has 0 radical (unpaired) electrons. The van der Waals surface area contributed by atoms with Crippen LogP contribution in [0.2, 0.25) is 0 Å². The lowest BCUT2D eigenvalue weighted by Gasteiger charge is -2.38. The third-order valence-corrected chi connectivity index (χ3v) is 4.73. The van der Waals surface area contributed by atoms with Gasteiger partial charge in [-0.15, -0.1) is 0 Å². The zero-order chi connectivity index (χ0) is 17.8. The molecular weight excluding hydrogens is 314 g/mol. The van der Waals surface area contributed by atoms with Gasteiger partial charge in [-0.1, -0.05) is 38.1 Å². The fraction of sp³-hybridized carbons (Fsp3) is 0.500. The number of ether oxygens (including phenoxy) is 1. The molecular formula is C20H27N3O2. The number of nitrogens with one attached hydrogen (secondary N) is 1. The first kappa shape index (κ1) is 17.7. The second kappa shape index (κ2) is 7.83. The Hall–Kier alpha value is -2.14. The predicted octanol–water partition coefficient (Wildman–Crippen LogP) is 3.31. The van der Waals surface area contributed by atoms with Crippen molar-refractivity contribution in [3.8, 4) is 0 Å². The second-order valence-electron chi connectivity index (χ2n) is 7.22. The van der Waals surface area contributed by atoms with Crippen molar-refractivity contribution in [2.75, 3.05) is 0 Å². The van der Waals surface area contributed by atoms with E-state index < -0.39 is 0 Å². The minimum absolute atomic E-state index is 0.00979. The summed E-state index contributed by atoms with van der Waals surface area (Å²) >= 11 is 0. The highest BCUT2D eigenvalue weighted by Gasteiger charge is 2.32. The minimum atomic E-state index is 0.00979. The van der Waals surface area contributed by atoms with Crippen molar-refractivity contribution in [1.29, 1.82) is 0 Å². The first-order chi connectivity index (χ1) is 12.0. The van der Waals surface area contributed by atoms with Crippen molar-refractivity contribution in [3.05, 3.63) is 53.9 Å². The molecule has 2 heterocycles. The number of hydrogen-bond acceptors (Lipinski definition) is 3. The molecule has 25 heavy (non-hydrogen) atoms. The van der Waals surface area contributed by atoms with Gasteiger partial charge in [-0.2, -0.15) is 5.10 Å². The summed E-state index contributed by atoms with van der Waals surface area (Å²) in [5, 5.41) is 7.36. The van der Waals surface area contributed by atoms with Crippen LogP contribution in [0.4, 0.5) is 0 Å². The van der Waals surface area contributed by atoms with Gasteiger partial charge in [-0.25, -0.2) is 0 Å². The Balaban J connectivity index is 1.77.